The fourth-order valence-corrected chi connectivity index (χ4v) is 1.98. The number of hydrogen-bond acceptors (Lipinski definition) is 4. The number of methoxy groups -OCH3 is 2. The van der Waals surface area contributed by atoms with Gasteiger partial charge >= 0.3 is 0 Å². The van der Waals surface area contributed by atoms with Gasteiger partial charge in [0.15, 0.2) is 0 Å². The van der Waals surface area contributed by atoms with E-state index >= 15 is 0 Å². The van der Waals surface area contributed by atoms with Crippen LogP contribution in [0, 0.1) is 0 Å². The lowest BCUT2D eigenvalue weighted by Gasteiger charge is -2.12. The topological polar surface area (TPSA) is 73.6 Å². The zero-order valence-electron chi connectivity index (χ0n) is 10.8. The van der Waals surface area contributed by atoms with Crippen molar-refractivity contribution in [2.24, 2.45) is 5.73 Å². The van der Waals surface area contributed by atoms with Gasteiger partial charge in [-0.15, -0.1) is 12.4 Å². The van der Waals surface area contributed by atoms with Gasteiger partial charge in [0, 0.05) is 13.7 Å². The molecule has 0 spiro atoms. The normalized spacial score (nSPS) is 11.4. The fourth-order valence-electron chi connectivity index (χ4n) is 1.40. The van der Waals surface area contributed by atoms with Crippen LogP contribution in [0.15, 0.2) is 22.7 Å². The first-order valence-corrected chi connectivity index (χ1v) is 6.22. The van der Waals surface area contributed by atoms with E-state index in [1.54, 1.807) is 7.11 Å². The van der Waals surface area contributed by atoms with Gasteiger partial charge in [0.2, 0.25) is 5.91 Å². The number of carbonyl (C=O) groups excluding carboxylic acids is 1. The highest BCUT2D eigenvalue weighted by molar-refractivity contribution is 9.10. The maximum absolute atomic E-state index is 11.6. The lowest BCUT2D eigenvalue weighted by molar-refractivity contribution is -0.123. The molecule has 3 N–H and O–H groups in total. The molecule has 7 heteroatoms. The van der Waals surface area contributed by atoms with Gasteiger partial charge < -0.3 is 20.5 Å². The van der Waals surface area contributed by atoms with Crippen LogP contribution in [-0.2, 0) is 16.1 Å². The molecule has 0 saturated heterocycles. The Morgan fingerprint density at radius 3 is 2.68 bits per heavy atom. The summed E-state index contributed by atoms with van der Waals surface area (Å²) in [5, 5.41) is 2.74. The van der Waals surface area contributed by atoms with Crippen molar-refractivity contribution < 1.29 is 14.3 Å². The fraction of sp³-hybridized carbons (Fsp3) is 0.417. The van der Waals surface area contributed by atoms with Crippen LogP contribution in [0.5, 0.6) is 5.75 Å². The molecule has 1 unspecified atom stereocenters. The molecule has 1 aromatic rings. The van der Waals surface area contributed by atoms with E-state index in [0.717, 1.165) is 15.8 Å². The van der Waals surface area contributed by atoms with Crippen molar-refractivity contribution >= 4 is 34.2 Å². The van der Waals surface area contributed by atoms with Gasteiger partial charge in [-0.05, 0) is 33.6 Å². The van der Waals surface area contributed by atoms with Gasteiger partial charge in [0.05, 0.1) is 18.2 Å². The molecule has 1 rings (SSSR count). The number of amides is 1. The van der Waals surface area contributed by atoms with Crippen molar-refractivity contribution in [3.05, 3.63) is 28.2 Å². The van der Waals surface area contributed by atoms with Crippen LogP contribution in [-0.4, -0.2) is 32.8 Å². The zero-order valence-corrected chi connectivity index (χ0v) is 13.2. The van der Waals surface area contributed by atoms with Crippen LogP contribution in [0.2, 0.25) is 0 Å². The van der Waals surface area contributed by atoms with E-state index in [4.69, 9.17) is 15.2 Å². The first-order valence-electron chi connectivity index (χ1n) is 5.43. The van der Waals surface area contributed by atoms with Crippen molar-refractivity contribution in [3.63, 3.8) is 0 Å². The van der Waals surface area contributed by atoms with Gasteiger partial charge in [-0.1, -0.05) is 6.07 Å². The molecule has 0 saturated carbocycles. The lowest BCUT2D eigenvalue weighted by atomic mass is 10.2. The minimum Gasteiger partial charge on any atom is -0.496 e. The Labute approximate surface area is 127 Å². The molecule has 0 aliphatic carbocycles. The molecule has 1 atom stereocenters. The van der Waals surface area contributed by atoms with E-state index in [1.807, 2.05) is 18.2 Å². The predicted octanol–water partition coefficient (Wildman–Crippen LogP) is 1.47. The smallest absolute Gasteiger partial charge is 0.239 e. The summed E-state index contributed by atoms with van der Waals surface area (Å²) in [4.78, 5) is 11.6. The molecule has 108 valence electrons. The highest BCUT2D eigenvalue weighted by Crippen LogP contribution is 2.25. The minimum atomic E-state index is -0.642. The van der Waals surface area contributed by atoms with Crippen molar-refractivity contribution in [2.75, 3.05) is 20.8 Å². The average molecular weight is 354 g/mol. The van der Waals surface area contributed by atoms with E-state index in [-0.39, 0.29) is 24.9 Å². The van der Waals surface area contributed by atoms with E-state index in [1.165, 1.54) is 7.11 Å². The van der Waals surface area contributed by atoms with Gasteiger partial charge in [-0.25, -0.2) is 0 Å². The molecular formula is C12H18BrClN2O3. The predicted molar refractivity (Wildman–Crippen MR) is 79.6 cm³/mol. The second-order valence-electron chi connectivity index (χ2n) is 3.75. The summed E-state index contributed by atoms with van der Waals surface area (Å²) in [6.45, 7) is 0.622. The zero-order chi connectivity index (χ0) is 13.5. The minimum absolute atomic E-state index is 0. The maximum atomic E-state index is 11.6. The molecule has 1 amide bonds. The summed E-state index contributed by atoms with van der Waals surface area (Å²) in [6.07, 6.45) is 0. The van der Waals surface area contributed by atoms with Crippen LogP contribution in [0.25, 0.3) is 0 Å². The monoisotopic (exact) mass is 352 g/mol. The lowest BCUT2D eigenvalue weighted by Crippen LogP contribution is -2.43. The molecule has 19 heavy (non-hydrogen) atoms. The van der Waals surface area contributed by atoms with Crippen LogP contribution in [0.3, 0.4) is 0 Å². The first-order chi connectivity index (χ1) is 8.58. The molecule has 5 nitrogen and oxygen atoms in total. The molecule has 0 heterocycles. The Balaban J connectivity index is 0.00000324. The Morgan fingerprint density at radius 2 is 2.16 bits per heavy atom. The van der Waals surface area contributed by atoms with Crippen molar-refractivity contribution in [1.29, 1.82) is 0 Å². The van der Waals surface area contributed by atoms with Crippen LogP contribution < -0.4 is 15.8 Å². The third-order valence-electron chi connectivity index (χ3n) is 2.37. The number of carbonyl (C=O) groups is 1. The second kappa shape index (κ2) is 9.14. The van der Waals surface area contributed by atoms with E-state index in [2.05, 4.69) is 21.2 Å². The number of hydrogen-bond donors (Lipinski definition) is 2. The van der Waals surface area contributed by atoms with E-state index in [0.29, 0.717) is 6.54 Å². The van der Waals surface area contributed by atoms with E-state index in [9.17, 15) is 4.79 Å². The molecule has 0 radical (unpaired) electrons. The van der Waals surface area contributed by atoms with Gasteiger partial charge in [0.1, 0.15) is 11.8 Å². The van der Waals surface area contributed by atoms with Crippen molar-refractivity contribution in [3.8, 4) is 5.75 Å². The molecular weight excluding hydrogens is 336 g/mol. The number of nitrogens with two attached hydrogens (primary N) is 1. The molecule has 0 aromatic heterocycles. The first kappa shape index (κ1) is 18.2. The number of benzene rings is 1. The van der Waals surface area contributed by atoms with E-state index < -0.39 is 6.04 Å². The third kappa shape index (κ3) is 5.78. The number of ether oxygens (including phenoxy) is 2. The van der Waals surface area contributed by atoms with Gasteiger partial charge in [-0.2, -0.15) is 0 Å². The quantitative estimate of drug-likeness (QED) is 0.812. The highest BCUT2D eigenvalue weighted by Gasteiger charge is 2.12. The molecule has 0 aliphatic rings. The Morgan fingerprint density at radius 1 is 1.47 bits per heavy atom. The van der Waals surface area contributed by atoms with Crippen LogP contribution in [0.4, 0.5) is 0 Å². The number of rotatable bonds is 6. The third-order valence-corrected chi connectivity index (χ3v) is 2.99. The summed E-state index contributed by atoms with van der Waals surface area (Å²) in [5.41, 5.74) is 6.56. The number of halogens is 2. The molecule has 0 fully saturated rings. The van der Waals surface area contributed by atoms with Crippen molar-refractivity contribution in [2.45, 2.75) is 12.6 Å². The molecule has 0 bridgehead atoms. The average Bonchev–Trinajstić information content (AvgIpc) is 2.36. The summed E-state index contributed by atoms with van der Waals surface area (Å²) in [5.74, 6) is 0.518. The highest BCUT2D eigenvalue weighted by atomic mass is 79.9. The summed E-state index contributed by atoms with van der Waals surface area (Å²) in [7, 11) is 3.11. The Kier molecular flexibility index (Phi) is 8.75. The van der Waals surface area contributed by atoms with Crippen LogP contribution in [0.1, 0.15) is 5.56 Å². The largest absolute Gasteiger partial charge is 0.496 e. The second-order valence-corrected chi connectivity index (χ2v) is 4.60. The standard InChI is InChI=1S/C12H17BrN2O3.ClH/c1-17-7-10(14)12(16)15-6-8-3-4-11(18-2)9(13)5-8;/h3-5,10H,6-7,14H2,1-2H3,(H,15,16);1H. The van der Waals surface area contributed by atoms with Gasteiger partial charge in [-0.3, -0.25) is 4.79 Å². The molecule has 1 aromatic carbocycles. The summed E-state index contributed by atoms with van der Waals surface area (Å²) < 4.78 is 10.8. The Bertz CT molecular complexity index is 418. The summed E-state index contributed by atoms with van der Waals surface area (Å²) in [6, 6.07) is 4.96. The molecule has 0 aliphatic heterocycles. The SMILES string of the molecule is COCC(N)C(=O)NCc1ccc(OC)c(Br)c1.Cl. The van der Waals surface area contributed by atoms with Gasteiger partial charge in [0.25, 0.3) is 0 Å². The maximum Gasteiger partial charge on any atom is 0.239 e. The van der Waals surface area contributed by atoms with Crippen molar-refractivity contribution in [1.82, 2.24) is 5.32 Å². The Hall–Kier alpha value is -0.820. The summed E-state index contributed by atoms with van der Waals surface area (Å²) >= 11 is 3.39. The van der Waals surface area contributed by atoms with Crippen LogP contribution >= 0.6 is 28.3 Å². The number of nitrogens with one attached hydrogen (secondary N) is 1.